The van der Waals surface area contributed by atoms with E-state index < -0.39 is 5.82 Å². The summed E-state index contributed by atoms with van der Waals surface area (Å²) in [6, 6.07) is 10.3. The van der Waals surface area contributed by atoms with E-state index >= 15 is 0 Å². The number of hydrogen-bond donors (Lipinski definition) is 0. The van der Waals surface area contributed by atoms with Crippen molar-refractivity contribution in [3.05, 3.63) is 63.9 Å². The molecular weight excluding hydrogens is 411 g/mol. The van der Waals surface area contributed by atoms with E-state index in [1.807, 2.05) is 0 Å². The Morgan fingerprint density at radius 3 is 2.45 bits per heavy atom. The third kappa shape index (κ3) is 4.59. The van der Waals surface area contributed by atoms with Gasteiger partial charge in [0.15, 0.2) is 0 Å². The van der Waals surface area contributed by atoms with Crippen molar-refractivity contribution in [2.24, 2.45) is 0 Å². The summed E-state index contributed by atoms with van der Waals surface area (Å²) in [5, 5.41) is 0.110. The first-order chi connectivity index (χ1) is 14.0. The van der Waals surface area contributed by atoms with Gasteiger partial charge in [0.25, 0.3) is 5.91 Å². The quantitative estimate of drug-likeness (QED) is 0.684. The lowest BCUT2D eigenvalue weighted by atomic mass is 10.1. The average Bonchev–Trinajstić information content (AvgIpc) is 3.19. The van der Waals surface area contributed by atoms with Crippen molar-refractivity contribution in [2.75, 3.05) is 31.9 Å². The van der Waals surface area contributed by atoms with Crippen LogP contribution in [0, 0.1) is 5.82 Å². The Labute approximate surface area is 179 Å². The first-order valence-electron chi connectivity index (χ1n) is 9.78. The monoisotopic (exact) mass is 432 g/mol. The van der Waals surface area contributed by atoms with Gasteiger partial charge < -0.3 is 9.80 Å². The van der Waals surface area contributed by atoms with Crippen molar-refractivity contribution in [3.63, 3.8) is 0 Å². The summed E-state index contributed by atoms with van der Waals surface area (Å²) in [5.74, 6) is -0.212. The van der Waals surface area contributed by atoms with Crippen LogP contribution in [0.25, 0.3) is 0 Å². The fraction of sp³-hybridized carbons (Fsp3) is 0.364. The minimum Gasteiger partial charge on any atom is -0.338 e. The van der Waals surface area contributed by atoms with E-state index in [1.54, 1.807) is 21.6 Å². The molecular formula is C22H22ClFN2O2S. The molecule has 2 amide bonds. The van der Waals surface area contributed by atoms with Gasteiger partial charge in [0, 0.05) is 31.1 Å². The van der Waals surface area contributed by atoms with Gasteiger partial charge in [-0.15, -0.1) is 11.8 Å². The van der Waals surface area contributed by atoms with Crippen molar-refractivity contribution in [1.82, 2.24) is 9.80 Å². The molecule has 2 aliphatic rings. The predicted molar refractivity (Wildman–Crippen MR) is 113 cm³/mol. The van der Waals surface area contributed by atoms with Gasteiger partial charge in [-0.2, -0.15) is 0 Å². The first-order valence-corrected chi connectivity index (χ1v) is 11.1. The van der Waals surface area contributed by atoms with Gasteiger partial charge in [0.05, 0.1) is 16.3 Å². The molecule has 0 atom stereocenters. The molecule has 0 N–H and O–H groups in total. The van der Waals surface area contributed by atoms with Gasteiger partial charge in [0.2, 0.25) is 5.91 Å². The van der Waals surface area contributed by atoms with Crippen LogP contribution in [0.2, 0.25) is 5.02 Å². The number of nitrogens with zero attached hydrogens (tertiary/aromatic N) is 2. The summed E-state index contributed by atoms with van der Waals surface area (Å²) in [7, 11) is 0. The molecule has 1 aliphatic carbocycles. The van der Waals surface area contributed by atoms with Crippen molar-refractivity contribution in [2.45, 2.75) is 24.2 Å². The van der Waals surface area contributed by atoms with E-state index in [0.29, 0.717) is 37.5 Å². The number of rotatable bonds is 4. The summed E-state index contributed by atoms with van der Waals surface area (Å²) in [5.41, 5.74) is 3.14. The van der Waals surface area contributed by atoms with E-state index in [0.717, 1.165) is 23.8 Å². The van der Waals surface area contributed by atoms with Gasteiger partial charge >= 0.3 is 0 Å². The molecule has 1 heterocycles. The van der Waals surface area contributed by atoms with Gasteiger partial charge in [-0.25, -0.2) is 4.39 Å². The highest BCUT2D eigenvalue weighted by atomic mass is 35.5. The largest absolute Gasteiger partial charge is 0.338 e. The maximum absolute atomic E-state index is 13.2. The van der Waals surface area contributed by atoms with Crippen molar-refractivity contribution in [1.29, 1.82) is 0 Å². The number of piperazine rings is 1. The molecule has 7 heteroatoms. The Morgan fingerprint density at radius 2 is 1.69 bits per heavy atom. The van der Waals surface area contributed by atoms with E-state index in [1.165, 1.54) is 29.7 Å². The van der Waals surface area contributed by atoms with Crippen molar-refractivity contribution < 1.29 is 14.0 Å². The Morgan fingerprint density at radius 1 is 0.966 bits per heavy atom. The molecule has 1 aliphatic heterocycles. The van der Waals surface area contributed by atoms with Crippen LogP contribution in [0.1, 0.15) is 27.9 Å². The van der Waals surface area contributed by atoms with Crippen LogP contribution in [0.4, 0.5) is 4.39 Å². The SMILES string of the molecule is O=C(CSc1ccc2c(c1)CCC2)N1CCN(C(=O)c2ccc(F)cc2Cl)CC1. The lowest BCUT2D eigenvalue weighted by Crippen LogP contribution is -2.51. The predicted octanol–water partition coefficient (Wildman–Crippen LogP) is 4.04. The molecule has 2 aromatic rings. The summed E-state index contributed by atoms with van der Waals surface area (Å²) in [6.07, 6.45) is 3.51. The van der Waals surface area contributed by atoms with Gasteiger partial charge in [-0.3, -0.25) is 9.59 Å². The molecule has 0 spiro atoms. The molecule has 0 unspecified atom stereocenters. The molecule has 0 radical (unpaired) electrons. The smallest absolute Gasteiger partial charge is 0.255 e. The highest BCUT2D eigenvalue weighted by molar-refractivity contribution is 8.00. The zero-order chi connectivity index (χ0) is 20.4. The molecule has 152 valence electrons. The van der Waals surface area contributed by atoms with Crippen LogP contribution in [-0.4, -0.2) is 53.5 Å². The van der Waals surface area contributed by atoms with Gasteiger partial charge in [-0.1, -0.05) is 17.7 Å². The van der Waals surface area contributed by atoms with Crippen LogP contribution in [0.5, 0.6) is 0 Å². The third-order valence-electron chi connectivity index (χ3n) is 5.51. The van der Waals surface area contributed by atoms with Crippen LogP contribution in [-0.2, 0) is 17.6 Å². The Balaban J connectivity index is 1.28. The van der Waals surface area contributed by atoms with E-state index in [9.17, 15) is 14.0 Å². The van der Waals surface area contributed by atoms with Crippen molar-refractivity contribution in [3.8, 4) is 0 Å². The molecule has 0 saturated carbocycles. The molecule has 4 nitrogen and oxygen atoms in total. The Kier molecular flexibility index (Phi) is 6.11. The molecule has 4 rings (SSSR count). The summed E-state index contributed by atoms with van der Waals surface area (Å²) in [4.78, 5) is 29.8. The average molecular weight is 433 g/mol. The topological polar surface area (TPSA) is 40.6 Å². The number of carbonyl (C=O) groups is 2. The standard InChI is InChI=1S/C22H22ClFN2O2S/c23-20-13-17(24)5-7-19(20)22(28)26-10-8-25(9-11-26)21(27)14-29-18-6-4-15-2-1-3-16(15)12-18/h4-7,12-13H,1-3,8-11,14H2. The Bertz CT molecular complexity index is 944. The third-order valence-corrected chi connectivity index (χ3v) is 6.80. The summed E-state index contributed by atoms with van der Waals surface area (Å²) >= 11 is 7.57. The number of carbonyl (C=O) groups excluding carboxylic acids is 2. The molecule has 2 aromatic carbocycles. The second kappa shape index (κ2) is 8.76. The number of halogens is 2. The first kappa shape index (κ1) is 20.2. The number of benzene rings is 2. The normalized spacial score (nSPS) is 16.1. The zero-order valence-electron chi connectivity index (χ0n) is 16.0. The van der Waals surface area contributed by atoms with E-state index in [-0.39, 0.29) is 16.8 Å². The van der Waals surface area contributed by atoms with E-state index in [4.69, 9.17) is 11.6 Å². The fourth-order valence-electron chi connectivity index (χ4n) is 3.87. The second-order valence-corrected chi connectivity index (χ2v) is 8.83. The van der Waals surface area contributed by atoms with Crippen LogP contribution >= 0.6 is 23.4 Å². The minimum atomic E-state index is -0.470. The second-order valence-electron chi connectivity index (χ2n) is 7.37. The van der Waals surface area contributed by atoms with Crippen LogP contribution in [0.3, 0.4) is 0 Å². The fourth-order valence-corrected chi connectivity index (χ4v) is 4.98. The molecule has 0 aromatic heterocycles. The maximum atomic E-state index is 13.2. The lowest BCUT2D eigenvalue weighted by Gasteiger charge is -2.35. The number of thioether (sulfide) groups is 1. The van der Waals surface area contributed by atoms with E-state index in [2.05, 4.69) is 18.2 Å². The molecule has 0 bridgehead atoms. The molecule has 29 heavy (non-hydrogen) atoms. The molecule has 1 saturated heterocycles. The maximum Gasteiger partial charge on any atom is 0.255 e. The zero-order valence-corrected chi connectivity index (χ0v) is 17.6. The van der Waals surface area contributed by atoms with Crippen LogP contribution in [0.15, 0.2) is 41.3 Å². The number of hydrogen-bond acceptors (Lipinski definition) is 3. The molecule has 1 fully saturated rings. The van der Waals surface area contributed by atoms with Crippen molar-refractivity contribution >= 4 is 35.2 Å². The van der Waals surface area contributed by atoms with Gasteiger partial charge in [-0.05, 0) is 60.7 Å². The summed E-state index contributed by atoms with van der Waals surface area (Å²) < 4.78 is 13.2. The number of amides is 2. The highest BCUT2D eigenvalue weighted by Crippen LogP contribution is 2.28. The van der Waals surface area contributed by atoms with Gasteiger partial charge in [0.1, 0.15) is 5.82 Å². The Hall–Kier alpha value is -2.05. The lowest BCUT2D eigenvalue weighted by molar-refractivity contribution is -0.129. The number of fused-ring (bicyclic) bond motifs is 1. The van der Waals surface area contributed by atoms with Crippen LogP contribution < -0.4 is 0 Å². The number of aryl methyl sites for hydroxylation is 2. The highest BCUT2D eigenvalue weighted by Gasteiger charge is 2.26. The summed E-state index contributed by atoms with van der Waals surface area (Å²) in [6.45, 7) is 1.88. The minimum absolute atomic E-state index is 0.0856.